The zero-order valence-electron chi connectivity index (χ0n) is 27.5. The second-order valence-corrected chi connectivity index (χ2v) is 12.5. The number of ether oxygens (including phenoxy) is 2. The molecule has 1 amide bonds. The lowest BCUT2D eigenvalue weighted by Gasteiger charge is -2.42. The van der Waals surface area contributed by atoms with Gasteiger partial charge in [-0.3, -0.25) is 9.78 Å². The van der Waals surface area contributed by atoms with E-state index in [1.807, 2.05) is 79.0 Å². The van der Waals surface area contributed by atoms with Crippen LogP contribution in [0.3, 0.4) is 0 Å². The van der Waals surface area contributed by atoms with Crippen molar-refractivity contribution in [2.24, 2.45) is 5.92 Å². The third-order valence-electron chi connectivity index (χ3n) is 9.00. The zero-order valence-corrected chi connectivity index (χ0v) is 27.5. The molecule has 246 valence electrons. The Kier molecular flexibility index (Phi) is 11.1. The van der Waals surface area contributed by atoms with Gasteiger partial charge < -0.3 is 24.8 Å². The summed E-state index contributed by atoms with van der Waals surface area (Å²) in [7, 11) is 2.13. The molecule has 1 aliphatic rings. The van der Waals surface area contributed by atoms with Gasteiger partial charge in [0.1, 0.15) is 0 Å². The Balaban J connectivity index is 1.20. The van der Waals surface area contributed by atoms with E-state index in [-0.39, 0.29) is 30.6 Å². The monoisotopic (exact) mass is 641 g/mol. The molecule has 2 heterocycles. The van der Waals surface area contributed by atoms with Gasteiger partial charge in [-0.1, -0.05) is 91.9 Å². The number of rotatable bonds is 12. The molecule has 6 rings (SSSR count). The maximum Gasteiger partial charge on any atom is 0.251 e. The highest BCUT2D eigenvalue weighted by atomic mass is 16.7. The molecule has 1 saturated heterocycles. The number of likely N-dealkylation sites (N-methyl/N-ethyl adjacent to an activating group) is 1. The zero-order chi connectivity index (χ0) is 33.3. The van der Waals surface area contributed by atoms with E-state index in [4.69, 9.17) is 9.47 Å². The van der Waals surface area contributed by atoms with Crippen molar-refractivity contribution in [3.05, 3.63) is 161 Å². The van der Waals surface area contributed by atoms with E-state index in [9.17, 15) is 9.90 Å². The SMILES string of the molecule is C[C@@H]1[C@H](CN(C)CCc2ccccn2)O[C@H](c2cccc(-c3cccc(CNC(=O)c4ccccc4)c3)c2)O[C@@H]1c1ccc(CO)cc1. The molecule has 0 bridgehead atoms. The van der Waals surface area contributed by atoms with Crippen molar-refractivity contribution in [3.8, 4) is 11.1 Å². The maximum absolute atomic E-state index is 12.6. The predicted octanol–water partition coefficient (Wildman–Crippen LogP) is 7.14. The molecule has 1 aromatic heterocycles. The summed E-state index contributed by atoms with van der Waals surface area (Å²) in [5.74, 6) is -0.00852. The van der Waals surface area contributed by atoms with Crippen molar-refractivity contribution in [3.63, 3.8) is 0 Å². The fraction of sp³-hybridized carbons (Fsp3) is 0.268. The van der Waals surface area contributed by atoms with E-state index >= 15 is 0 Å². The molecule has 7 heteroatoms. The minimum atomic E-state index is -0.564. The first-order valence-corrected chi connectivity index (χ1v) is 16.6. The average Bonchev–Trinajstić information content (AvgIpc) is 3.15. The number of pyridine rings is 1. The van der Waals surface area contributed by atoms with E-state index in [0.717, 1.165) is 58.6 Å². The van der Waals surface area contributed by atoms with Gasteiger partial charge >= 0.3 is 0 Å². The number of hydrogen-bond acceptors (Lipinski definition) is 6. The molecule has 0 aliphatic carbocycles. The molecule has 1 fully saturated rings. The summed E-state index contributed by atoms with van der Waals surface area (Å²) in [5.41, 5.74) is 7.71. The lowest BCUT2D eigenvalue weighted by Crippen LogP contribution is -2.43. The van der Waals surface area contributed by atoms with Crippen LogP contribution in [0.2, 0.25) is 0 Å². The number of aromatic nitrogens is 1. The molecule has 0 spiro atoms. The number of nitrogens with one attached hydrogen (secondary N) is 1. The summed E-state index contributed by atoms with van der Waals surface area (Å²) >= 11 is 0. The van der Waals surface area contributed by atoms with Crippen LogP contribution in [-0.2, 0) is 29.0 Å². The van der Waals surface area contributed by atoms with Crippen LogP contribution in [0.4, 0.5) is 0 Å². The topological polar surface area (TPSA) is 83.9 Å². The number of benzene rings is 4. The van der Waals surface area contributed by atoms with Gasteiger partial charge in [0.15, 0.2) is 6.29 Å². The van der Waals surface area contributed by atoms with Crippen LogP contribution in [0, 0.1) is 5.92 Å². The average molecular weight is 642 g/mol. The molecule has 4 atom stereocenters. The third kappa shape index (κ3) is 8.43. The smallest absolute Gasteiger partial charge is 0.251 e. The van der Waals surface area contributed by atoms with Crippen LogP contribution in [0.1, 0.15) is 57.6 Å². The Morgan fingerprint density at radius 2 is 1.56 bits per heavy atom. The molecule has 7 nitrogen and oxygen atoms in total. The summed E-state index contributed by atoms with van der Waals surface area (Å²) in [6, 6.07) is 39.9. The van der Waals surface area contributed by atoms with Crippen LogP contribution >= 0.6 is 0 Å². The van der Waals surface area contributed by atoms with Crippen molar-refractivity contribution in [2.45, 2.75) is 45.0 Å². The number of nitrogens with zero attached hydrogens (tertiary/aromatic N) is 2. The van der Waals surface area contributed by atoms with E-state index in [1.165, 1.54) is 0 Å². The predicted molar refractivity (Wildman–Crippen MR) is 188 cm³/mol. The van der Waals surface area contributed by atoms with Crippen molar-refractivity contribution < 1.29 is 19.4 Å². The summed E-state index contributed by atoms with van der Waals surface area (Å²) in [6.45, 7) is 4.24. The van der Waals surface area contributed by atoms with Crippen LogP contribution in [0.15, 0.2) is 128 Å². The van der Waals surface area contributed by atoms with Gasteiger partial charge in [-0.05, 0) is 71.3 Å². The second-order valence-electron chi connectivity index (χ2n) is 12.5. The van der Waals surface area contributed by atoms with Crippen LogP contribution in [0.25, 0.3) is 11.1 Å². The minimum absolute atomic E-state index is 0.00414. The number of aliphatic hydroxyl groups excluding tert-OH is 1. The van der Waals surface area contributed by atoms with Crippen LogP contribution < -0.4 is 5.32 Å². The van der Waals surface area contributed by atoms with Gasteiger partial charge in [-0.2, -0.15) is 0 Å². The summed E-state index contributed by atoms with van der Waals surface area (Å²) < 4.78 is 13.5. The van der Waals surface area contributed by atoms with Gasteiger partial charge in [0.2, 0.25) is 0 Å². The minimum Gasteiger partial charge on any atom is -0.392 e. The van der Waals surface area contributed by atoms with Crippen molar-refractivity contribution in [2.75, 3.05) is 20.1 Å². The normalized spacial score (nSPS) is 19.2. The molecule has 4 aromatic carbocycles. The molecule has 0 saturated carbocycles. The quantitative estimate of drug-likeness (QED) is 0.151. The molecule has 5 aromatic rings. The lowest BCUT2D eigenvalue weighted by molar-refractivity contribution is -0.275. The molecule has 1 aliphatic heterocycles. The van der Waals surface area contributed by atoms with E-state index < -0.39 is 6.29 Å². The van der Waals surface area contributed by atoms with Gasteiger partial charge in [0.05, 0.1) is 18.8 Å². The fourth-order valence-electron chi connectivity index (χ4n) is 6.18. The van der Waals surface area contributed by atoms with Crippen molar-refractivity contribution in [1.29, 1.82) is 0 Å². The number of aliphatic hydroxyl groups is 1. The Labute approximate surface area is 283 Å². The Morgan fingerprint density at radius 3 is 2.31 bits per heavy atom. The number of carbonyl (C=O) groups is 1. The van der Waals surface area contributed by atoms with Gasteiger partial charge in [0.25, 0.3) is 5.91 Å². The fourth-order valence-corrected chi connectivity index (χ4v) is 6.18. The summed E-state index contributed by atoms with van der Waals surface area (Å²) in [6.07, 6.45) is 1.86. The number of carbonyl (C=O) groups excluding carboxylic acids is 1. The van der Waals surface area contributed by atoms with E-state index in [0.29, 0.717) is 12.1 Å². The van der Waals surface area contributed by atoms with Gasteiger partial charge in [-0.15, -0.1) is 0 Å². The molecule has 48 heavy (non-hydrogen) atoms. The lowest BCUT2D eigenvalue weighted by atomic mass is 9.90. The van der Waals surface area contributed by atoms with Gasteiger partial charge in [0, 0.05) is 55.0 Å². The highest BCUT2D eigenvalue weighted by Gasteiger charge is 2.38. The Bertz CT molecular complexity index is 1760. The Hall–Kier alpha value is -4.66. The third-order valence-corrected chi connectivity index (χ3v) is 9.00. The maximum atomic E-state index is 12.6. The first-order chi connectivity index (χ1) is 23.5. The van der Waals surface area contributed by atoms with Crippen LogP contribution in [-0.4, -0.2) is 47.1 Å². The number of amides is 1. The number of hydrogen-bond donors (Lipinski definition) is 2. The van der Waals surface area contributed by atoms with Gasteiger partial charge in [-0.25, -0.2) is 0 Å². The van der Waals surface area contributed by atoms with Crippen molar-refractivity contribution in [1.82, 2.24) is 15.2 Å². The first kappa shape index (κ1) is 33.2. The largest absolute Gasteiger partial charge is 0.392 e. The molecule has 0 unspecified atom stereocenters. The van der Waals surface area contributed by atoms with E-state index in [1.54, 1.807) is 0 Å². The molecule has 2 N–H and O–H groups in total. The molecule has 0 radical (unpaired) electrons. The highest BCUT2D eigenvalue weighted by molar-refractivity contribution is 5.94. The highest BCUT2D eigenvalue weighted by Crippen LogP contribution is 2.42. The van der Waals surface area contributed by atoms with Crippen molar-refractivity contribution >= 4 is 5.91 Å². The second kappa shape index (κ2) is 16.0. The summed E-state index contributed by atoms with van der Waals surface area (Å²) in [5, 5.41) is 12.6. The van der Waals surface area contributed by atoms with Crippen LogP contribution in [0.5, 0.6) is 0 Å². The standard InChI is InChI=1S/C41H43N3O4/c1-29-38(27-44(2)23-21-37-16-6-7-22-42-37)47-41(48-39(29)32-19-17-30(28-45)18-20-32)36-15-9-14-35(25-36)34-13-8-10-31(24-34)26-43-40(46)33-11-4-3-5-12-33/h3-20,22,24-25,29,38-39,41,45H,21,23,26-28H2,1-2H3,(H,43,46)/t29-,38+,39+,41+/m1/s1. The summed E-state index contributed by atoms with van der Waals surface area (Å²) in [4.78, 5) is 19.4. The van der Waals surface area contributed by atoms with E-state index in [2.05, 4.69) is 77.7 Å². The Morgan fingerprint density at radius 1 is 0.812 bits per heavy atom. The molecular weight excluding hydrogens is 598 g/mol. The molecular formula is C41H43N3O4. The first-order valence-electron chi connectivity index (χ1n) is 16.6.